The average Bonchev–Trinajstić information content (AvgIpc) is 2.29. The summed E-state index contributed by atoms with van der Waals surface area (Å²) in [7, 11) is 1.91. The Bertz CT molecular complexity index is 529. The minimum absolute atomic E-state index is 0.602. The van der Waals surface area contributed by atoms with Crippen molar-refractivity contribution in [2.75, 3.05) is 11.9 Å². The van der Waals surface area contributed by atoms with Crippen LogP contribution < -0.4 is 4.90 Å². The highest BCUT2D eigenvalue weighted by Gasteiger charge is 2.09. The van der Waals surface area contributed by atoms with E-state index in [1.165, 1.54) is 0 Å². The largest absolute Gasteiger partial charge is 0.328 e. The minimum atomic E-state index is 0.602. The van der Waals surface area contributed by atoms with Crippen molar-refractivity contribution in [1.29, 1.82) is 0 Å². The van der Waals surface area contributed by atoms with Gasteiger partial charge in [-0.2, -0.15) is 0 Å². The van der Waals surface area contributed by atoms with E-state index in [0.29, 0.717) is 10.0 Å². The molecule has 0 unspecified atom stereocenters. The lowest BCUT2D eigenvalue weighted by Crippen LogP contribution is -2.11. The number of aromatic nitrogens is 1. The molecule has 0 fully saturated rings. The first-order valence-corrected chi connectivity index (χ1v) is 6.43. The molecule has 88 valence electrons. The molecular weight excluding hydrogens is 323 g/mol. The van der Waals surface area contributed by atoms with Crippen molar-refractivity contribution in [3.05, 3.63) is 51.0 Å². The van der Waals surface area contributed by atoms with Crippen molar-refractivity contribution in [3.8, 4) is 0 Å². The molecule has 0 saturated carbocycles. The first-order valence-electron chi connectivity index (χ1n) is 4.88. The van der Waals surface area contributed by atoms with Gasteiger partial charge >= 0.3 is 0 Å². The van der Waals surface area contributed by atoms with E-state index in [0.717, 1.165) is 16.0 Å². The lowest BCUT2D eigenvalue weighted by atomic mass is 10.3. The van der Waals surface area contributed by atoms with E-state index >= 15 is 0 Å². The molecule has 2 rings (SSSR count). The molecular formula is C12H9BrCl2N2. The summed E-state index contributed by atoms with van der Waals surface area (Å²) in [4.78, 5) is 6.21. The molecule has 0 aliphatic rings. The number of rotatable bonds is 2. The zero-order valence-electron chi connectivity index (χ0n) is 8.99. The van der Waals surface area contributed by atoms with Crippen LogP contribution in [-0.4, -0.2) is 12.0 Å². The van der Waals surface area contributed by atoms with E-state index in [-0.39, 0.29) is 0 Å². The number of halogens is 3. The van der Waals surface area contributed by atoms with Crippen LogP contribution in [0.1, 0.15) is 0 Å². The number of hydrogen-bond donors (Lipinski definition) is 0. The van der Waals surface area contributed by atoms with Crippen LogP contribution in [0.4, 0.5) is 11.5 Å². The van der Waals surface area contributed by atoms with Gasteiger partial charge < -0.3 is 4.90 Å². The third-order valence-corrected chi connectivity index (χ3v) is 3.33. The Balaban J connectivity index is 2.36. The molecule has 0 aliphatic carbocycles. The lowest BCUT2D eigenvalue weighted by Gasteiger charge is -2.19. The molecule has 0 aliphatic heterocycles. The Morgan fingerprint density at radius 1 is 1.18 bits per heavy atom. The molecule has 0 saturated heterocycles. The highest BCUT2D eigenvalue weighted by atomic mass is 79.9. The van der Waals surface area contributed by atoms with Crippen LogP contribution in [-0.2, 0) is 0 Å². The van der Waals surface area contributed by atoms with Gasteiger partial charge in [0, 0.05) is 22.7 Å². The van der Waals surface area contributed by atoms with E-state index in [9.17, 15) is 0 Å². The van der Waals surface area contributed by atoms with Gasteiger partial charge in [0.15, 0.2) is 0 Å². The number of benzene rings is 1. The maximum Gasteiger partial charge on any atom is 0.132 e. The summed E-state index contributed by atoms with van der Waals surface area (Å²) in [5, 5.41) is 1.22. The molecule has 1 aromatic heterocycles. The van der Waals surface area contributed by atoms with Crippen LogP contribution in [0.3, 0.4) is 0 Å². The second-order valence-electron chi connectivity index (χ2n) is 3.49. The van der Waals surface area contributed by atoms with Crippen molar-refractivity contribution < 1.29 is 0 Å². The number of nitrogens with zero attached hydrogens (tertiary/aromatic N) is 2. The number of pyridine rings is 1. The molecule has 0 atom stereocenters. The fourth-order valence-corrected chi connectivity index (χ4v) is 2.21. The summed E-state index contributed by atoms with van der Waals surface area (Å²) < 4.78 is 0.942. The molecule has 17 heavy (non-hydrogen) atoms. The normalized spacial score (nSPS) is 10.4. The Hall–Kier alpha value is -0.770. The maximum atomic E-state index is 6.14. The zero-order valence-corrected chi connectivity index (χ0v) is 12.1. The van der Waals surface area contributed by atoms with Crippen LogP contribution in [0.5, 0.6) is 0 Å². The zero-order chi connectivity index (χ0) is 12.4. The predicted molar refractivity (Wildman–Crippen MR) is 76.5 cm³/mol. The van der Waals surface area contributed by atoms with E-state index in [1.807, 2.05) is 30.1 Å². The van der Waals surface area contributed by atoms with Crippen LogP contribution in [0, 0.1) is 0 Å². The molecule has 0 N–H and O–H groups in total. The predicted octanol–water partition coefficient (Wildman–Crippen LogP) is 4.92. The summed E-state index contributed by atoms with van der Waals surface area (Å²) >= 11 is 15.4. The maximum absolute atomic E-state index is 6.14. The third kappa shape index (κ3) is 2.92. The van der Waals surface area contributed by atoms with Crippen LogP contribution in [0.2, 0.25) is 10.0 Å². The van der Waals surface area contributed by atoms with Gasteiger partial charge in [0.05, 0.1) is 10.7 Å². The molecule has 0 radical (unpaired) electrons. The van der Waals surface area contributed by atoms with Crippen LogP contribution in [0.15, 0.2) is 41.0 Å². The summed E-state index contributed by atoms with van der Waals surface area (Å²) in [6, 6.07) is 9.23. The molecule has 2 aromatic rings. The highest BCUT2D eigenvalue weighted by Crippen LogP contribution is 2.31. The Kier molecular flexibility index (Phi) is 3.92. The summed E-state index contributed by atoms with van der Waals surface area (Å²) in [5.74, 6) is 0.817. The summed E-state index contributed by atoms with van der Waals surface area (Å²) in [6.07, 6.45) is 1.75. The Morgan fingerprint density at radius 3 is 2.53 bits per heavy atom. The molecule has 5 heteroatoms. The van der Waals surface area contributed by atoms with Gasteiger partial charge in [-0.25, -0.2) is 4.98 Å². The number of hydrogen-bond acceptors (Lipinski definition) is 2. The summed E-state index contributed by atoms with van der Waals surface area (Å²) in [5.41, 5.74) is 0.867. The Labute approximate surface area is 118 Å². The van der Waals surface area contributed by atoms with Crippen LogP contribution >= 0.6 is 39.1 Å². The van der Waals surface area contributed by atoms with Crippen molar-refractivity contribution in [2.45, 2.75) is 0 Å². The molecule has 2 nitrogen and oxygen atoms in total. The van der Waals surface area contributed by atoms with Gasteiger partial charge in [0.25, 0.3) is 0 Å². The standard InChI is InChI=1S/C12H9BrCl2N2/c1-17(12-5-2-8(13)7-16-12)11-4-3-9(14)6-10(11)15/h2-7H,1H3. The molecule has 0 bridgehead atoms. The van der Waals surface area contributed by atoms with Gasteiger partial charge in [-0.3, -0.25) is 0 Å². The average molecular weight is 332 g/mol. The van der Waals surface area contributed by atoms with Crippen molar-refractivity contribution in [3.63, 3.8) is 0 Å². The van der Waals surface area contributed by atoms with Gasteiger partial charge in [0.1, 0.15) is 5.82 Å². The second-order valence-corrected chi connectivity index (χ2v) is 5.25. The van der Waals surface area contributed by atoms with E-state index in [1.54, 1.807) is 18.3 Å². The van der Waals surface area contributed by atoms with Crippen molar-refractivity contribution >= 4 is 50.6 Å². The second kappa shape index (κ2) is 5.25. The quantitative estimate of drug-likeness (QED) is 0.776. The third-order valence-electron chi connectivity index (χ3n) is 2.33. The van der Waals surface area contributed by atoms with Gasteiger partial charge in [-0.1, -0.05) is 23.2 Å². The SMILES string of the molecule is CN(c1ccc(Br)cn1)c1ccc(Cl)cc1Cl. The van der Waals surface area contributed by atoms with Gasteiger partial charge in [0.2, 0.25) is 0 Å². The van der Waals surface area contributed by atoms with Gasteiger partial charge in [-0.15, -0.1) is 0 Å². The molecule has 1 heterocycles. The van der Waals surface area contributed by atoms with E-state index < -0.39 is 0 Å². The lowest BCUT2D eigenvalue weighted by molar-refractivity contribution is 1.12. The fraction of sp³-hybridized carbons (Fsp3) is 0.0833. The molecule has 0 spiro atoms. The van der Waals surface area contributed by atoms with Crippen LogP contribution in [0.25, 0.3) is 0 Å². The van der Waals surface area contributed by atoms with Crippen molar-refractivity contribution in [1.82, 2.24) is 4.98 Å². The molecule has 0 amide bonds. The first-order chi connectivity index (χ1) is 8.08. The van der Waals surface area contributed by atoms with Gasteiger partial charge in [-0.05, 0) is 46.3 Å². The highest BCUT2D eigenvalue weighted by molar-refractivity contribution is 9.10. The Morgan fingerprint density at radius 2 is 1.94 bits per heavy atom. The first kappa shape index (κ1) is 12.7. The topological polar surface area (TPSA) is 16.1 Å². The monoisotopic (exact) mass is 330 g/mol. The minimum Gasteiger partial charge on any atom is -0.328 e. The van der Waals surface area contributed by atoms with E-state index in [4.69, 9.17) is 23.2 Å². The summed E-state index contributed by atoms with van der Waals surface area (Å²) in [6.45, 7) is 0. The smallest absolute Gasteiger partial charge is 0.132 e. The fourth-order valence-electron chi connectivity index (χ4n) is 1.44. The van der Waals surface area contributed by atoms with Crippen molar-refractivity contribution in [2.24, 2.45) is 0 Å². The number of anilines is 2. The molecule has 1 aromatic carbocycles. The van der Waals surface area contributed by atoms with E-state index in [2.05, 4.69) is 20.9 Å².